The molecule has 0 saturated carbocycles. The molecule has 3 aromatic carbocycles. The molecular formula is C31H32N4O5. The third-order valence-electron chi connectivity index (χ3n) is 7.36. The van der Waals surface area contributed by atoms with Gasteiger partial charge in [0, 0.05) is 36.4 Å². The highest BCUT2D eigenvalue weighted by Gasteiger charge is 2.42. The lowest BCUT2D eigenvalue weighted by Crippen LogP contribution is -2.41. The maximum absolute atomic E-state index is 13.8. The second-order valence-electron chi connectivity index (χ2n) is 11.0. The number of ether oxygens (including phenoxy) is 1. The van der Waals surface area contributed by atoms with E-state index in [0.717, 1.165) is 28.4 Å². The number of amides is 1. The van der Waals surface area contributed by atoms with Crippen LogP contribution in [0.2, 0.25) is 0 Å². The zero-order valence-electron chi connectivity index (χ0n) is 22.8. The summed E-state index contributed by atoms with van der Waals surface area (Å²) in [6, 6.07) is 20.7. The number of methoxy groups -OCH3 is 1. The summed E-state index contributed by atoms with van der Waals surface area (Å²) < 4.78 is 5.21. The molecule has 5 rings (SSSR count). The number of non-ortho nitro benzene ring substituents is 1. The number of anilines is 2. The highest BCUT2D eigenvalue weighted by atomic mass is 16.6. The topological polar surface area (TPSA) is 114 Å². The highest BCUT2D eigenvalue weighted by molar-refractivity contribution is 6.02. The van der Waals surface area contributed by atoms with Crippen LogP contribution in [0.15, 0.2) is 84.1 Å². The SMILES string of the molecule is COc1ccc(CNC(=O)CN2c3ccccc3NC3=C(C(=O)CC(C)(C)C3)C2c2cccc([N+](=O)[O-])c2)cc1. The van der Waals surface area contributed by atoms with Crippen molar-refractivity contribution in [3.05, 3.63) is 105 Å². The fourth-order valence-corrected chi connectivity index (χ4v) is 5.54. The van der Waals surface area contributed by atoms with Crippen molar-refractivity contribution in [1.82, 2.24) is 5.32 Å². The monoisotopic (exact) mass is 540 g/mol. The van der Waals surface area contributed by atoms with Gasteiger partial charge in [0.15, 0.2) is 5.78 Å². The van der Waals surface area contributed by atoms with E-state index >= 15 is 0 Å². The predicted octanol–water partition coefficient (Wildman–Crippen LogP) is 5.54. The van der Waals surface area contributed by atoms with E-state index in [4.69, 9.17) is 4.74 Å². The first-order chi connectivity index (χ1) is 19.1. The van der Waals surface area contributed by atoms with Gasteiger partial charge in [0.1, 0.15) is 5.75 Å². The van der Waals surface area contributed by atoms with Gasteiger partial charge in [-0.05, 0) is 47.2 Å². The van der Waals surface area contributed by atoms with Gasteiger partial charge < -0.3 is 20.3 Å². The first kappa shape index (κ1) is 26.9. The van der Waals surface area contributed by atoms with Gasteiger partial charge in [-0.3, -0.25) is 19.7 Å². The third kappa shape index (κ3) is 5.54. The van der Waals surface area contributed by atoms with Crippen molar-refractivity contribution >= 4 is 28.8 Å². The number of rotatable bonds is 7. The number of hydrogen-bond donors (Lipinski definition) is 2. The van der Waals surface area contributed by atoms with E-state index in [0.29, 0.717) is 30.5 Å². The lowest BCUT2D eigenvalue weighted by molar-refractivity contribution is -0.384. The number of nitrogens with one attached hydrogen (secondary N) is 2. The molecule has 1 aliphatic heterocycles. The van der Waals surface area contributed by atoms with Gasteiger partial charge in [0.05, 0.1) is 36.0 Å². The van der Waals surface area contributed by atoms with E-state index in [1.807, 2.05) is 53.4 Å². The summed E-state index contributed by atoms with van der Waals surface area (Å²) in [5, 5.41) is 18.2. The lowest BCUT2D eigenvalue weighted by Gasteiger charge is -2.37. The summed E-state index contributed by atoms with van der Waals surface area (Å²) in [4.78, 5) is 40.3. The minimum absolute atomic E-state index is 0.0355. The summed E-state index contributed by atoms with van der Waals surface area (Å²) in [6.45, 7) is 4.37. The molecule has 0 fully saturated rings. The van der Waals surface area contributed by atoms with Crippen molar-refractivity contribution in [2.24, 2.45) is 5.41 Å². The standard InChI is InChI=1S/C31H32N4O5/c1-31(2)16-25-29(27(36)17-31)30(21-7-6-8-22(15-21)35(38)39)34(26-10-5-4-9-24(26)33-25)19-28(37)32-18-20-11-13-23(40-3)14-12-20/h4-15,30,33H,16-19H2,1-3H3,(H,32,37). The molecule has 1 aliphatic carbocycles. The molecule has 206 valence electrons. The average Bonchev–Trinajstić information content (AvgIpc) is 3.06. The Labute approximate surface area is 233 Å². The van der Waals surface area contributed by atoms with Gasteiger partial charge in [0.2, 0.25) is 5.91 Å². The van der Waals surface area contributed by atoms with E-state index in [1.54, 1.807) is 19.2 Å². The summed E-state index contributed by atoms with van der Waals surface area (Å²) in [7, 11) is 1.60. The Morgan fingerprint density at radius 2 is 1.85 bits per heavy atom. The predicted molar refractivity (Wildman–Crippen MR) is 153 cm³/mol. The van der Waals surface area contributed by atoms with Crippen molar-refractivity contribution < 1.29 is 19.2 Å². The van der Waals surface area contributed by atoms with Crippen LogP contribution in [0.3, 0.4) is 0 Å². The number of allylic oxidation sites excluding steroid dienone is 1. The zero-order chi connectivity index (χ0) is 28.4. The second-order valence-corrected chi connectivity index (χ2v) is 11.0. The fraction of sp³-hybridized carbons (Fsp3) is 0.290. The summed E-state index contributed by atoms with van der Waals surface area (Å²) >= 11 is 0. The molecule has 1 atom stereocenters. The Hall–Kier alpha value is -4.66. The number of nitro benzene ring substituents is 1. The Morgan fingerprint density at radius 1 is 1.10 bits per heavy atom. The summed E-state index contributed by atoms with van der Waals surface area (Å²) in [6.07, 6.45) is 0.970. The number of ketones is 1. The van der Waals surface area contributed by atoms with Crippen LogP contribution >= 0.6 is 0 Å². The summed E-state index contributed by atoms with van der Waals surface area (Å²) in [5.74, 6) is 0.452. The van der Waals surface area contributed by atoms with Crippen molar-refractivity contribution in [3.8, 4) is 5.75 Å². The minimum atomic E-state index is -0.693. The van der Waals surface area contributed by atoms with E-state index in [-0.39, 0.29) is 29.3 Å². The third-order valence-corrected chi connectivity index (χ3v) is 7.36. The van der Waals surface area contributed by atoms with Gasteiger partial charge in [0.25, 0.3) is 5.69 Å². The number of carbonyl (C=O) groups excluding carboxylic acids is 2. The van der Waals surface area contributed by atoms with Crippen LogP contribution in [0.25, 0.3) is 0 Å². The van der Waals surface area contributed by atoms with Crippen molar-refractivity contribution in [1.29, 1.82) is 0 Å². The van der Waals surface area contributed by atoms with Gasteiger partial charge >= 0.3 is 0 Å². The average molecular weight is 541 g/mol. The van der Waals surface area contributed by atoms with Crippen LogP contribution in [0.1, 0.15) is 43.9 Å². The molecule has 9 nitrogen and oxygen atoms in total. The highest BCUT2D eigenvalue weighted by Crippen LogP contribution is 2.48. The fourth-order valence-electron chi connectivity index (χ4n) is 5.54. The molecule has 2 N–H and O–H groups in total. The maximum atomic E-state index is 13.8. The molecule has 3 aromatic rings. The van der Waals surface area contributed by atoms with Gasteiger partial charge in [-0.1, -0.05) is 50.2 Å². The Kier molecular flexibility index (Phi) is 7.30. The van der Waals surface area contributed by atoms with Crippen molar-refractivity contribution in [3.63, 3.8) is 0 Å². The molecule has 0 radical (unpaired) electrons. The van der Waals surface area contributed by atoms with E-state index in [1.165, 1.54) is 12.1 Å². The van der Waals surface area contributed by atoms with Crippen LogP contribution in [0, 0.1) is 15.5 Å². The molecule has 1 heterocycles. The van der Waals surface area contributed by atoms with Crippen molar-refractivity contribution in [2.75, 3.05) is 23.9 Å². The smallest absolute Gasteiger partial charge is 0.269 e. The number of Topliss-reactive ketones (excluding diaryl/α,β-unsaturated/α-hetero) is 1. The van der Waals surface area contributed by atoms with Crippen LogP contribution in [-0.2, 0) is 16.1 Å². The normalized spacial score (nSPS) is 17.7. The van der Waals surface area contributed by atoms with Gasteiger partial charge in [-0.15, -0.1) is 0 Å². The Balaban J connectivity index is 1.56. The quantitative estimate of drug-likeness (QED) is 0.299. The number of hydrogen-bond acceptors (Lipinski definition) is 7. The first-order valence-electron chi connectivity index (χ1n) is 13.2. The molecule has 1 amide bonds. The van der Waals surface area contributed by atoms with E-state index < -0.39 is 11.0 Å². The van der Waals surface area contributed by atoms with Crippen LogP contribution in [-0.4, -0.2) is 30.3 Å². The molecule has 1 unspecified atom stereocenters. The number of para-hydroxylation sites is 2. The minimum Gasteiger partial charge on any atom is -0.497 e. The molecule has 40 heavy (non-hydrogen) atoms. The number of benzene rings is 3. The van der Waals surface area contributed by atoms with Crippen LogP contribution in [0.4, 0.5) is 17.1 Å². The lowest BCUT2D eigenvalue weighted by atomic mass is 9.73. The number of fused-ring (bicyclic) bond motifs is 1. The van der Waals surface area contributed by atoms with Crippen LogP contribution < -0.4 is 20.3 Å². The summed E-state index contributed by atoms with van der Waals surface area (Å²) in [5.41, 5.74) is 4.00. The van der Waals surface area contributed by atoms with Crippen molar-refractivity contribution in [2.45, 2.75) is 39.3 Å². The first-order valence-corrected chi connectivity index (χ1v) is 13.2. The molecule has 0 saturated heterocycles. The second kappa shape index (κ2) is 10.8. The van der Waals surface area contributed by atoms with E-state index in [2.05, 4.69) is 24.5 Å². The largest absolute Gasteiger partial charge is 0.497 e. The van der Waals surface area contributed by atoms with Crippen LogP contribution in [0.5, 0.6) is 5.75 Å². The number of nitrogens with zero attached hydrogens (tertiary/aromatic N) is 2. The molecule has 0 aromatic heterocycles. The Bertz CT molecular complexity index is 1500. The van der Waals surface area contributed by atoms with Gasteiger partial charge in [-0.2, -0.15) is 0 Å². The van der Waals surface area contributed by atoms with Gasteiger partial charge in [-0.25, -0.2) is 0 Å². The maximum Gasteiger partial charge on any atom is 0.269 e. The number of carbonyl (C=O) groups is 2. The molecule has 0 bridgehead atoms. The number of nitro groups is 1. The molecule has 2 aliphatic rings. The molecular weight excluding hydrogens is 508 g/mol. The Morgan fingerprint density at radius 3 is 2.58 bits per heavy atom. The van der Waals surface area contributed by atoms with E-state index in [9.17, 15) is 19.7 Å². The molecule has 9 heteroatoms. The molecule has 0 spiro atoms. The zero-order valence-corrected chi connectivity index (χ0v) is 22.8.